The SMILES string of the molecule is CN(C)C(=NCc1ccccc1)NCCN(C)S(=O)(=O)c1cccs1. The topological polar surface area (TPSA) is 65.0 Å². The zero-order valence-corrected chi connectivity index (χ0v) is 16.3. The van der Waals surface area contributed by atoms with Gasteiger partial charge in [0.25, 0.3) is 10.0 Å². The van der Waals surface area contributed by atoms with Crippen LogP contribution in [0.3, 0.4) is 0 Å². The van der Waals surface area contributed by atoms with Crippen LogP contribution in [-0.4, -0.2) is 57.8 Å². The van der Waals surface area contributed by atoms with Crippen LogP contribution in [0.2, 0.25) is 0 Å². The van der Waals surface area contributed by atoms with E-state index in [0.717, 1.165) is 11.5 Å². The Morgan fingerprint density at radius 3 is 2.44 bits per heavy atom. The fourth-order valence-electron chi connectivity index (χ4n) is 2.11. The molecular weight excluding hydrogens is 356 g/mol. The van der Waals surface area contributed by atoms with Crippen molar-refractivity contribution in [3.8, 4) is 0 Å². The van der Waals surface area contributed by atoms with E-state index in [0.29, 0.717) is 23.8 Å². The van der Waals surface area contributed by atoms with Crippen LogP contribution in [0.1, 0.15) is 5.56 Å². The van der Waals surface area contributed by atoms with Crippen molar-refractivity contribution in [3.63, 3.8) is 0 Å². The van der Waals surface area contributed by atoms with E-state index in [1.54, 1.807) is 24.6 Å². The third kappa shape index (κ3) is 5.55. The van der Waals surface area contributed by atoms with Gasteiger partial charge in [-0.1, -0.05) is 36.4 Å². The Morgan fingerprint density at radius 1 is 1.12 bits per heavy atom. The first-order chi connectivity index (χ1) is 11.9. The van der Waals surface area contributed by atoms with Crippen LogP contribution in [-0.2, 0) is 16.6 Å². The number of likely N-dealkylation sites (N-methyl/N-ethyl adjacent to an activating group) is 1. The summed E-state index contributed by atoms with van der Waals surface area (Å²) in [7, 11) is 1.99. The normalized spacial score (nSPS) is 12.4. The predicted molar refractivity (Wildman–Crippen MR) is 103 cm³/mol. The molecule has 0 saturated heterocycles. The number of rotatable bonds is 7. The number of guanidine groups is 1. The summed E-state index contributed by atoms with van der Waals surface area (Å²) in [6.07, 6.45) is 0. The third-order valence-corrected chi connectivity index (χ3v) is 6.78. The molecule has 1 aromatic heterocycles. The molecule has 0 spiro atoms. The summed E-state index contributed by atoms with van der Waals surface area (Å²) in [5.74, 6) is 0.728. The molecule has 0 aliphatic rings. The van der Waals surface area contributed by atoms with E-state index in [4.69, 9.17) is 0 Å². The summed E-state index contributed by atoms with van der Waals surface area (Å²) < 4.78 is 26.5. The molecule has 2 rings (SSSR count). The van der Waals surface area contributed by atoms with Crippen molar-refractivity contribution in [2.24, 2.45) is 4.99 Å². The highest BCUT2D eigenvalue weighted by molar-refractivity contribution is 7.91. The van der Waals surface area contributed by atoms with Gasteiger partial charge in [-0.05, 0) is 17.0 Å². The molecule has 1 heterocycles. The second-order valence-corrected chi connectivity index (χ2v) is 8.92. The summed E-state index contributed by atoms with van der Waals surface area (Å²) in [5, 5.41) is 4.97. The molecule has 0 saturated carbocycles. The molecular formula is C17H24N4O2S2. The zero-order valence-electron chi connectivity index (χ0n) is 14.7. The van der Waals surface area contributed by atoms with Gasteiger partial charge in [-0.2, -0.15) is 4.31 Å². The minimum atomic E-state index is -3.41. The number of hydrogen-bond donors (Lipinski definition) is 1. The van der Waals surface area contributed by atoms with Crippen molar-refractivity contribution >= 4 is 27.3 Å². The first-order valence-corrected chi connectivity index (χ1v) is 10.2. The molecule has 25 heavy (non-hydrogen) atoms. The molecule has 0 aliphatic carbocycles. The number of sulfonamides is 1. The lowest BCUT2D eigenvalue weighted by Crippen LogP contribution is -2.41. The Morgan fingerprint density at radius 2 is 1.84 bits per heavy atom. The monoisotopic (exact) mass is 380 g/mol. The van der Waals surface area contributed by atoms with Crippen LogP contribution < -0.4 is 5.32 Å². The number of thiophene rings is 1. The second-order valence-electron chi connectivity index (χ2n) is 5.71. The molecule has 1 N–H and O–H groups in total. The number of nitrogens with one attached hydrogen (secondary N) is 1. The van der Waals surface area contributed by atoms with Gasteiger partial charge in [-0.15, -0.1) is 11.3 Å². The first-order valence-electron chi connectivity index (χ1n) is 7.90. The van der Waals surface area contributed by atoms with Crippen LogP contribution in [0, 0.1) is 0 Å². The minimum absolute atomic E-state index is 0.360. The lowest BCUT2D eigenvalue weighted by molar-refractivity contribution is 0.466. The maximum absolute atomic E-state index is 12.4. The van der Waals surface area contributed by atoms with Crippen LogP contribution >= 0.6 is 11.3 Å². The molecule has 0 atom stereocenters. The van der Waals surface area contributed by atoms with Crippen molar-refractivity contribution in [2.45, 2.75) is 10.8 Å². The van der Waals surface area contributed by atoms with Crippen LogP contribution in [0.25, 0.3) is 0 Å². The van der Waals surface area contributed by atoms with E-state index in [-0.39, 0.29) is 0 Å². The molecule has 0 aliphatic heterocycles. The Hall–Kier alpha value is -1.90. The van der Waals surface area contributed by atoms with E-state index in [1.165, 1.54) is 15.6 Å². The van der Waals surface area contributed by atoms with E-state index >= 15 is 0 Å². The molecule has 0 radical (unpaired) electrons. The fourth-order valence-corrected chi connectivity index (χ4v) is 4.49. The number of hydrogen-bond acceptors (Lipinski definition) is 4. The molecule has 0 amide bonds. The van der Waals surface area contributed by atoms with Crippen molar-refractivity contribution in [1.82, 2.24) is 14.5 Å². The van der Waals surface area contributed by atoms with Gasteiger partial charge in [0, 0.05) is 34.2 Å². The second kappa shape index (κ2) is 8.98. The molecule has 6 nitrogen and oxygen atoms in total. The van der Waals surface area contributed by atoms with Crippen LogP contribution in [0.4, 0.5) is 0 Å². The fraction of sp³-hybridized carbons (Fsp3) is 0.353. The maximum atomic E-state index is 12.4. The Kier molecular flexibility index (Phi) is 6.98. The standard InChI is InChI=1S/C17H24N4O2S2/c1-20(2)17(19-14-15-8-5-4-6-9-15)18-11-12-21(3)25(22,23)16-10-7-13-24-16/h4-10,13H,11-12,14H2,1-3H3,(H,18,19). The van der Waals surface area contributed by atoms with Gasteiger partial charge >= 0.3 is 0 Å². The number of benzene rings is 1. The lowest BCUT2D eigenvalue weighted by atomic mass is 10.2. The summed E-state index contributed by atoms with van der Waals surface area (Å²) in [4.78, 5) is 6.45. The molecule has 0 fully saturated rings. The van der Waals surface area contributed by atoms with E-state index in [1.807, 2.05) is 49.3 Å². The van der Waals surface area contributed by atoms with E-state index in [2.05, 4.69) is 10.3 Å². The predicted octanol–water partition coefficient (Wildman–Crippen LogP) is 2.08. The van der Waals surface area contributed by atoms with Crippen molar-refractivity contribution < 1.29 is 8.42 Å². The van der Waals surface area contributed by atoms with Crippen molar-refractivity contribution in [3.05, 3.63) is 53.4 Å². The summed E-state index contributed by atoms with van der Waals surface area (Å²) in [5.41, 5.74) is 1.13. The average Bonchev–Trinajstić information content (AvgIpc) is 3.13. The highest BCUT2D eigenvalue weighted by atomic mass is 32.2. The summed E-state index contributed by atoms with van der Waals surface area (Å²) in [6, 6.07) is 13.4. The smallest absolute Gasteiger partial charge is 0.252 e. The van der Waals surface area contributed by atoms with Gasteiger partial charge in [0.05, 0.1) is 6.54 Å². The van der Waals surface area contributed by atoms with Crippen molar-refractivity contribution in [2.75, 3.05) is 34.2 Å². The van der Waals surface area contributed by atoms with Crippen molar-refractivity contribution in [1.29, 1.82) is 0 Å². The molecule has 0 bridgehead atoms. The molecule has 1 aromatic carbocycles. The summed E-state index contributed by atoms with van der Waals surface area (Å²) in [6.45, 7) is 1.41. The molecule has 8 heteroatoms. The lowest BCUT2D eigenvalue weighted by Gasteiger charge is -2.20. The van der Waals surface area contributed by atoms with Gasteiger partial charge in [0.1, 0.15) is 4.21 Å². The Balaban J connectivity index is 1.91. The molecule has 2 aromatic rings. The Labute approximate surface area is 153 Å². The minimum Gasteiger partial charge on any atom is -0.355 e. The third-order valence-electron chi connectivity index (χ3n) is 3.55. The zero-order chi connectivity index (χ0) is 18.3. The summed E-state index contributed by atoms with van der Waals surface area (Å²) >= 11 is 1.23. The largest absolute Gasteiger partial charge is 0.355 e. The van der Waals surface area contributed by atoms with Gasteiger partial charge in [-0.25, -0.2) is 13.4 Å². The van der Waals surface area contributed by atoms with Gasteiger partial charge in [0.2, 0.25) is 0 Å². The van der Waals surface area contributed by atoms with E-state index < -0.39 is 10.0 Å². The molecule has 0 unspecified atom stereocenters. The van der Waals surface area contributed by atoms with Gasteiger partial charge < -0.3 is 10.2 Å². The van der Waals surface area contributed by atoms with Crippen LogP contribution in [0.5, 0.6) is 0 Å². The number of aliphatic imine (C=N–C) groups is 1. The van der Waals surface area contributed by atoms with Gasteiger partial charge in [0.15, 0.2) is 5.96 Å². The quantitative estimate of drug-likeness (QED) is 0.590. The maximum Gasteiger partial charge on any atom is 0.252 e. The highest BCUT2D eigenvalue weighted by Gasteiger charge is 2.21. The van der Waals surface area contributed by atoms with Gasteiger partial charge in [-0.3, -0.25) is 0 Å². The average molecular weight is 381 g/mol. The number of nitrogens with zero attached hydrogens (tertiary/aromatic N) is 3. The first kappa shape index (κ1) is 19.4. The van der Waals surface area contributed by atoms with E-state index in [9.17, 15) is 8.42 Å². The molecule has 136 valence electrons. The highest BCUT2D eigenvalue weighted by Crippen LogP contribution is 2.19. The Bertz CT molecular complexity index is 772. The van der Waals surface area contributed by atoms with Crippen LogP contribution in [0.15, 0.2) is 57.0 Å².